The summed E-state index contributed by atoms with van der Waals surface area (Å²) >= 11 is 0. The van der Waals surface area contributed by atoms with E-state index in [-0.39, 0.29) is 16.8 Å². The lowest BCUT2D eigenvalue weighted by molar-refractivity contribution is 0.102. The second-order valence-electron chi connectivity index (χ2n) is 7.83. The van der Waals surface area contributed by atoms with Crippen molar-refractivity contribution in [2.75, 3.05) is 12.4 Å². The molecule has 0 spiro atoms. The van der Waals surface area contributed by atoms with Gasteiger partial charge in [-0.15, -0.1) is 0 Å². The van der Waals surface area contributed by atoms with Crippen LogP contribution in [-0.4, -0.2) is 36.7 Å². The summed E-state index contributed by atoms with van der Waals surface area (Å²) in [5.74, 6) is -0.286. The third-order valence-corrected chi connectivity index (χ3v) is 7.57. The number of rotatable bonds is 5. The lowest BCUT2D eigenvalue weighted by Crippen LogP contribution is -2.38. The number of sulfonamides is 1. The first-order chi connectivity index (χ1) is 13.7. The number of amides is 1. The summed E-state index contributed by atoms with van der Waals surface area (Å²) in [5, 5.41) is 2.89. The average molecular weight is 416 g/mol. The Labute approximate surface area is 173 Å². The van der Waals surface area contributed by atoms with E-state index in [0.29, 0.717) is 11.3 Å². The molecule has 1 amide bonds. The highest BCUT2D eigenvalue weighted by atomic mass is 32.2. The van der Waals surface area contributed by atoms with Gasteiger partial charge in [0.25, 0.3) is 5.91 Å². The van der Waals surface area contributed by atoms with Gasteiger partial charge in [0.05, 0.1) is 16.3 Å². The third-order valence-electron chi connectivity index (χ3n) is 5.65. The maximum atomic E-state index is 12.9. The molecule has 1 aromatic carbocycles. The molecular weight excluding hydrogens is 386 g/mol. The summed E-state index contributed by atoms with van der Waals surface area (Å²) in [4.78, 5) is 17.3. The van der Waals surface area contributed by atoms with Crippen LogP contribution >= 0.6 is 0 Å². The van der Waals surface area contributed by atoms with Gasteiger partial charge in [-0.1, -0.05) is 19.3 Å². The molecule has 2 aromatic rings. The number of nitrogens with one attached hydrogen (secondary N) is 1. The monoisotopic (exact) mass is 415 g/mol. The molecule has 1 heterocycles. The van der Waals surface area contributed by atoms with Crippen LogP contribution in [0.2, 0.25) is 0 Å². The Kier molecular flexibility index (Phi) is 6.39. The number of carbonyl (C=O) groups excluding carboxylic acids is 1. The van der Waals surface area contributed by atoms with E-state index in [9.17, 15) is 13.2 Å². The zero-order valence-electron chi connectivity index (χ0n) is 17.5. The molecule has 156 valence electrons. The Balaban J connectivity index is 1.76. The number of aromatic nitrogens is 1. The van der Waals surface area contributed by atoms with Crippen molar-refractivity contribution in [3.8, 4) is 0 Å². The number of benzene rings is 1. The highest BCUT2D eigenvalue weighted by Crippen LogP contribution is 2.27. The minimum atomic E-state index is -3.57. The number of hydrogen-bond donors (Lipinski definition) is 1. The highest BCUT2D eigenvalue weighted by molar-refractivity contribution is 7.89. The van der Waals surface area contributed by atoms with E-state index in [1.165, 1.54) is 22.9 Å². The fraction of sp³-hybridized carbons (Fsp3) is 0.455. The molecule has 0 radical (unpaired) electrons. The van der Waals surface area contributed by atoms with E-state index in [1.807, 2.05) is 26.8 Å². The summed E-state index contributed by atoms with van der Waals surface area (Å²) in [7, 11) is -1.91. The maximum absolute atomic E-state index is 12.9. The molecule has 1 fully saturated rings. The summed E-state index contributed by atoms with van der Waals surface area (Å²) in [6.07, 6.45) is 5.11. The minimum Gasteiger partial charge on any atom is -0.320 e. The standard InChI is InChI=1S/C22H29N3O3S/c1-15-14-16(2)23-17(3)21(15)24-22(26)18-10-12-20(13-11-18)29(27,28)25(4)19-8-6-5-7-9-19/h10-14,19H,5-9H2,1-4H3,(H,24,26). The van der Waals surface area contributed by atoms with Gasteiger partial charge in [-0.3, -0.25) is 9.78 Å². The minimum absolute atomic E-state index is 0.0525. The molecule has 0 aliphatic heterocycles. The first kappa shape index (κ1) is 21.5. The van der Waals surface area contributed by atoms with E-state index >= 15 is 0 Å². The molecule has 1 N–H and O–H groups in total. The van der Waals surface area contributed by atoms with Crippen LogP contribution in [0.15, 0.2) is 35.2 Å². The fourth-order valence-corrected chi connectivity index (χ4v) is 5.40. The van der Waals surface area contributed by atoms with Gasteiger partial charge in [-0.2, -0.15) is 4.31 Å². The van der Waals surface area contributed by atoms with E-state index in [1.54, 1.807) is 19.2 Å². The Hall–Kier alpha value is -2.25. The Morgan fingerprint density at radius 2 is 1.69 bits per heavy atom. The highest BCUT2D eigenvalue weighted by Gasteiger charge is 2.29. The topological polar surface area (TPSA) is 79.4 Å². The van der Waals surface area contributed by atoms with Crippen LogP contribution in [0.4, 0.5) is 5.69 Å². The van der Waals surface area contributed by atoms with Gasteiger partial charge in [0.2, 0.25) is 10.0 Å². The first-order valence-corrected chi connectivity index (χ1v) is 11.5. The molecule has 1 aromatic heterocycles. The van der Waals surface area contributed by atoms with Crippen molar-refractivity contribution in [1.29, 1.82) is 0 Å². The molecule has 3 rings (SSSR count). The number of anilines is 1. The largest absolute Gasteiger partial charge is 0.320 e. The van der Waals surface area contributed by atoms with E-state index in [0.717, 1.165) is 42.6 Å². The summed E-state index contributed by atoms with van der Waals surface area (Å²) in [5.41, 5.74) is 3.69. The van der Waals surface area contributed by atoms with Gasteiger partial charge in [0.15, 0.2) is 0 Å². The normalized spacial score (nSPS) is 15.5. The van der Waals surface area contributed by atoms with Crippen LogP contribution in [0, 0.1) is 20.8 Å². The summed E-state index contributed by atoms with van der Waals surface area (Å²) in [6, 6.07) is 8.11. The number of aryl methyl sites for hydroxylation is 3. The Bertz CT molecular complexity index is 971. The predicted molar refractivity (Wildman–Crippen MR) is 115 cm³/mol. The fourth-order valence-electron chi connectivity index (χ4n) is 3.98. The van der Waals surface area contributed by atoms with Crippen LogP contribution in [0.3, 0.4) is 0 Å². The smallest absolute Gasteiger partial charge is 0.255 e. The Morgan fingerprint density at radius 1 is 1.07 bits per heavy atom. The molecule has 0 saturated heterocycles. The number of pyridine rings is 1. The third kappa shape index (κ3) is 4.67. The van der Waals surface area contributed by atoms with Crippen molar-refractivity contribution in [3.63, 3.8) is 0 Å². The van der Waals surface area contributed by atoms with Gasteiger partial charge in [-0.25, -0.2) is 8.42 Å². The average Bonchev–Trinajstić information content (AvgIpc) is 2.70. The summed E-state index contributed by atoms with van der Waals surface area (Å²) in [6.45, 7) is 5.69. The summed E-state index contributed by atoms with van der Waals surface area (Å²) < 4.78 is 27.4. The van der Waals surface area contributed by atoms with Gasteiger partial charge in [-0.05, 0) is 69.5 Å². The number of hydrogen-bond acceptors (Lipinski definition) is 4. The SMILES string of the molecule is Cc1cc(C)c(NC(=O)c2ccc(S(=O)(=O)N(C)C3CCCCC3)cc2)c(C)n1. The van der Waals surface area contributed by atoms with Gasteiger partial charge < -0.3 is 5.32 Å². The van der Waals surface area contributed by atoms with Gasteiger partial charge in [0, 0.05) is 24.3 Å². The van der Waals surface area contributed by atoms with Gasteiger partial charge >= 0.3 is 0 Å². The second-order valence-corrected chi connectivity index (χ2v) is 9.83. The van der Waals surface area contributed by atoms with Crippen LogP contribution in [-0.2, 0) is 10.0 Å². The zero-order chi connectivity index (χ0) is 21.2. The van der Waals surface area contributed by atoms with Crippen molar-refractivity contribution < 1.29 is 13.2 Å². The van der Waals surface area contributed by atoms with Crippen LogP contribution in [0.1, 0.15) is 59.4 Å². The molecule has 1 aliphatic rings. The van der Waals surface area contributed by atoms with Crippen LogP contribution < -0.4 is 5.32 Å². The van der Waals surface area contributed by atoms with E-state index < -0.39 is 10.0 Å². The van der Waals surface area contributed by atoms with Crippen molar-refractivity contribution in [3.05, 3.63) is 52.8 Å². The van der Waals surface area contributed by atoms with Crippen molar-refractivity contribution in [1.82, 2.24) is 9.29 Å². The molecule has 29 heavy (non-hydrogen) atoms. The zero-order valence-corrected chi connectivity index (χ0v) is 18.3. The first-order valence-electron chi connectivity index (χ1n) is 10.0. The lowest BCUT2D eigenvalue weighted by Gasteiger charge is -2.30. The molecule has 1 aliphatic carbocycles. The second kappa shape index (κ2) is 8.63. The number of carbonyl (C=O) groups is 1. The predicted octanol–water partition coefficient (Wildman–Crippen LogP) is 4.21. The number of nitrogens with zero attached hydrogens (tertiary/aromatic N) is 2. The maximum Gasteiger partial charge on any atom is 0.255 e. The van der Waals surface area contributed by atoms with Crippen molar-refractivity contribution >= 4 is 21.6 Å². The molecule has 0 bridgehead atoms. The van der Waals surface area contributed by atoms with E-state index in [4.69, 9.17) is 0 Å². The van der Waals surface area contributed by atoms with Crippen molar-refractivity contribution in [2.45, 2.75) is 63.8 Å². The lowest BCUT2D eigenvalue weighted by atomic mass is 9.96. The van der Waals surface area contributed by atoms with Crippen LogP contribution in [0.5, 0.6) is 0 Å². The Morgan fingerprint density at radius 3 is 2.28 bits per heavy atom. The molecule has 0 atom stereocenters. The quantitative estimate of drug-likeness (QED) is 0.793. The van der Waals surface area contributed by atoms with Gasteiger partial charge in [0.1, 0.15) is 0 Å². The molecular formula is C22H29N3O3S. The molecule has 0 unspecified atom stereocenters. The molecule has 1 saturated carbocycles. The van der Waals surface area contributed by atoms with Crippen LogP contribution in [0.25, 0.3) is 0 Å². The van der Waals surface area contributed by atoms with E-state index in [2.05, 4.69) is 10.3 Å². The molecule has 7 heteroatoms. The van der Waals surface area contributed by atoms with Crippen molar-refractivity contribution in [2.24, 2.45) is 0 Å². The molecule has 6 nitrogen and oxygen atoms in total.